The number of rotatable bonds is 2. The molecule has 11 heavy (non-hydrogen) atoms. The Kier molecular flexibility index (Phi) is 3.20. The molecule has 0 radical (unpaired) electrons. The van der Waals surface area contributed by atoms with Gasteiger partial charge in [0.1, 0.15) is 0 Å². The van der Waals surface area contributed by atoms with Crippen molar-refractivity contribution in [2.24, 2.45) is 17.6 Å². The van der Waals surface area contributed by atoms with Crippen molar-refractivity contribution in [3.05, 3.63) is 0 Å². The van der Waals surface area contributed by atoms with E-state index in [0.29, 0.717) is 6.04 Å². The van der Waals surface area contributed by atoms with Crippen LogP contribution in [0, 0.1) is 11.8 Å². The van der Waals surface area contributed by atoms with Crippen LogP contribution in [0.2, 0.25) is 0 Å². The lowest BCUT2D eigenvalue weighted by Crippen LogP contribution is -2.43. The second-order valence-corrected chi connectivity index (χ2v) is 3.96. The van der Waals surface area contributed by atoms with Crippen LogP contribution in [0.3, 0.4) is 0 Å². The first-order valence-electron chi connectivity index (χ1n) is 4.63. The van der Waals surface area contributed by atoms with Crippen molar-refractivity contribution in [1.29, 1.82) is 0 Å². The highest BCUT2D eigenvalue weighted by Crippen LogP contribution is 2.38. The third-order valence-electron chi connectivity index (χ3n) is 3.39. The molecule has 2 heteroatoms. The van der Waals surface area contributed by atoms with Gasteiger partial charge in [0.25, 0.3) is 0 Å². The number of hydrogen-bond donors (Lipinski definition) is 1. The summed E-state index contributed by atoms with van der Waals surface area (Å²) in [6, 6.07) is 0.572. The summed E-state index contributed by atoms with van der Waals surface area (Å²) in [7, 11) is 0. The van der Waals surface area contributed by atoms with E-state index in [9.17, 15) is 0 Å². The zero-order valence-corrected chi connectivity index (χ0v) is 7.78. The molecule has 2 fully saturated rings. The summed E-state index contributed by atoms with van der Waals surface area (Å²) in [5, 5.41) is 0. The predicted octanol–water partition coefficient (Wildman–Crippen LogP) is 2.34. The van der Waals surface area contributed by atoms with E-state index in [1.807, 2.05) is 0 Å². The van der Waals surface area contributed by atoms with E-state index in [4.69, 9.17) is 5.73 Å². The van der Waals surface area contributed by atoms with Crippen LogP contribution in [0.4, 0.5) is 0 Å². The molecule has 66 valence electrons. The van der Waals surface area contributed by atoms with Crippen molar-refractivity contribution in [2.45, 2.75) is 44.6 Å². The monoisotopic (exact) mass is 175 g/mol. The first kappa shape index (κ1) is 9.34. The molecule has 0 atom stereocenters. The van der Waals surface area contributed by atoms with Crippen LogP contribution in [0.15, 0.2) is 0 Å². The maximum Gasteiger partial charge on any atom is 0.00956 e. The second-order valence-electron chi connectivity index (χ2n) is 3.96. The van der Waals surface area contributed by atoms with Gasteiger partial charge in [0.2, 0.25) is 0 Å². The average Bonchev–Trinajstić information content (AvgIpc) is 1.52. The highest BCUT2D eigenvalue weighted by atomic mass is 35.5. The van der Waals surface area contributed by atoms with Gasteiger partial charge >= 0.3 is 0 Å². The first-order chi connectivity index (χ1) is 4.88. The van der Waals surface area contributed by atoms with Gasteiger partial charge in [-0.1, -0.05) is 12.8 Å². The Bertz CT molecular complexity index is 105. The van der Waals surface area contributed by atoms with E-state index in [-0.39, 0.29) is 12.4 Å². The molecule has 0 aromatic carbocycles. The van der Waals surface area contributed by atoms with Gasteiger partial charge in [0.05, 0.1) is 0 Å². The minimum Gasteiger partial charge on any atom is -0.327 e. The smallest absolute Gasteiger partial charge is 0.00956 e. The fourth-order valence-corrected chi connectivity index (χ4v) is 2.03. The minimum absolute atomic E-state index is 0. The molecular weight excluding hydrogens is 158 g/mol. The minimum atomic E-state index is 0. The molecule has 0 bridgehead atoms. The molecule has 2 saturated carbocycles. The Labute approximate surface area is 75.1 Å². The van der Waals surface area contributed by atoms with Gasteiger partial charge in [-0.2, -0.15) is 0 Å². The van der Waals surface area contributed by atoms with Crippen molar-refractivity contribution in [1.82, 2.24) is 0 Å². The summed E-state index contributed by atoms with van der Waals surface area (Å²) in [6.45, 7) is 0. The molecule has 0 amide bonds. The summed E-state index contributed by atoms with van der Waals surface area (Å²) >= 11 is 0. The summed E-state index contributed by atoms with van der Waals surface area (Å²) in [4.78, 5) is 0. The van der Waals surface area contributed by atoms with Crippen LogP contribution in [0.1, 0.15) is 38.5 Å². The fraction of sp³-hybridized carbons (Fsp3) is 1.00. The van der Waals surface area contributed by atoms with Crippen LogP contribution < -0.4 is 5.73 Å². The second kappa shape index (κ2) is 3.77. The number of halogens is 1. The zero-order chi connectivity index (χ0) is 6.97. The molecule has 0 unspecified atom stereocenters. The lowest BCUT2D eigenvalue weighted by Gasteiger charge is -2.40. The van der Waals surface area contributed by atoms with Gasteiger partial charge in [-0.3, -0.25) is 0 Å². The van der Waals surface area contributed by atoms with Gasteiger partial charge in [-0.15, -0.1) is 12.4 Å². The highest BCUT2D eigenvalue weighted by Gasteiger charge is 2.33. The fourth-order valence-electron chi connectivity index (χ4n) is 2.03. The highest BCUT2D eigenvalue weighted by molar-refractivity contribution is 5.85. The zero-order valence-electron chi connectivity index (χ0n) is 6.96. The first-order valence-corrected chi connectivity index (χ1v) is 4.63. The van der Waals surface area contributed by atoms with Crippen LogP contribution in [0.25, 0.3) is 0 Å². The van der Waals surface area contributed by atoms with Crippen molar-refractivity contribution in [3.63, 3.8) is 0 Å². The topological polar surface area (TPSA) is 26.0 Å². The van der Waals surface area contributed by atoms with Gasteiger partial charge in [-0.05, 0) is 37.5 Å². The maximum atomic E-state index is 6.08. The Balaban J connectivity index is 0.000000605. The van der Waals surface area contributed by atoms with Gasteiger partial charge in [-0.25, -0.2) is 0 Å². The average molecular weight is 176 g/mol. The molecule has 0 aromatic rings. The largest absolute Gasteiger partial charge is 0.327 e. The Morgan fingerprint density at radius 2 is 1.27 bits per heavy atom. The Morgan fingerprint density at radius 1 is 0.909 bits per heavy atom. The van der Waals surface area contributed by atoms with Crippen LogP contribution in [-0.4, -0.2) is 6.04 Å². The Hall–Kier alpha value is 0.250. The third kappa shape index (κ3) is 1.70. The quantitative estimate of drug-likeness (QED) is 0.685. The standard InChI is InChI=1S/C9H17N.ClH/c10-9(7-3-1-4-7)8-5-2-6-8;/h7-9H,1-6,10H2;1H. The molecular formula is C9H18ClN. The molecule has 2 aliphatic rings. The Morgan fingerprint density at radius 3 is 1.45 bits per heavy atom. The van der Waals surface area contributed by atoms with E-state index < -0.39 is 0 Å². The molecule has 0 spiro atoms. The number of hydrogen-bond acceptors (Lipinski definition) is 1. The molecule has 0 heterocycles. The van der Waals surface area contributed by atoms with Crippen molar-refractivity contribution < 1.29 is 0 Å². The molecule has 1 nitrogen and oxygen atoms in total. The predicted molar refractivity (Wildman–Crippen MR) is 49.9 cm³/mol. The number of nitrogens with two attached hydrogens (primary N) is 1. The van der Waals surface area contributed by atoms with Crippen LogP contribution in [-0.2, 0) is 0 Å². The lowest BCUT2D eigenvalue weighted by molar-refractivity contribution is 0.153. The summed E-state index contributed by atoms with van der Waals surface area (Å²) < 4.78 is 0. The lowest BCUT2D eigenvalue weighted by atomic mass is 9.69. The third-order valence-corrected chi connectivity index (χ3v) is 3.39. The van der Waals surface area contributed by atoms with Gasteiger partial charge in [0.15, 0.2) is 0 Å². The van der Waals surface area contributed by atoms with E-state index in [0.717, 1.165) is 11.8 Å². The molecule has 0 aliphatic heterocycles. The maximum absolute atomic E-state index is 6.08. The van der Waals surface area contributed by atoms with Gasteiger partial charge in [0, 0.05) is 6.04 Å². The SMILES string of the molecule is Cl.NC(C1CCC1)C1CCC1. The molecule has 2 rings (SSSR count). The van der Waals surface area contributed by atoms with E-state index in [1.165, 1.54) is 38.5 Å². The van der Waals surface area contributed by atoms with Crippen LogP contribution >= 0.6 is 12.4 Å². The van der Waals surface area contributed by atoms with Gasteiger partial charge < -0.3 is 5.73 Å². The summed E-state index contributed by atoms with van der Waals surface area (Å²) in [5.74, 6) is 1.82. The van der Waals surface area contributed by atoms with E-state index in [2.05, 4.69) is 0 Å². The molecule has 0 saturated heterocycles. The van der Waals surface area contributed by atoms with Crippen molar-refractivity contribution in [2.75, 3.05) is 0 Å². The van der Waals surface area contributed by atoms with E-state index in [1.54, 1.807) is 0 Å². The summed E-state index contributed by atoms with van der Waals surface area (Å²) in [6.07, 6.45) is 8.53. The molecule has 2 N–H and O–H groups in total. The van der Waals surface area contributed by atoms with Crippen molar-refractivity contribution >= 4 is 12.4 Å². The van der Waals surface area contributed by atoms with Crippen LogP contribution in [0.5, 0.6) is 0 Å². The van der Waals surface area contributed by atoms with E-state index >= 15 is 0 Å². The summed E-state index contributed by atoms with van der Waals surface area (Å²) in [5.41, 5.74) is 6.08. The molecule has 2 aliphatic carbocycles. The normalized spacial score (nSPS) is 25.6. The molecule has 0 aromatic heterocycles. The van der Waals surface area contributed by atoms with Crippen molar-refractivity contribution in [3.8, 4) is 0 Å².